The van der Waals surface area contributed by atoms with Crippen molar-refractivity contribution in [2.45, 2.75) is 0 Å². The highest BCUT2D eigenvalue weighted by atomic mass is 35.5. The van der Waals surface area contributed by atoms with Crippen molar-refractivity contribution in [3.8, 4) is 11.3 Å². The zero-order valence-corrected chi connectivity index (χ0v) is 16.1. The molecule has 1 N–H and O–H groups in total. The summed E-state index contributed by atoms with van der Waals surface area (Å²) in [6.07, 6.45) is 0. The molecule has 0 spiro atoms. The van der Waals surface area contributed by atoms with Crippen LogP contribution in [0.5, 0.6) is 0 Å². The fourth-order valence-electron chi connectivity index (χ4n) is 2.36. The van der Waals surface area contributed by atoms with Crippen LogP contribution in [0.25, 0.3) is 11.3 Å². The van der Waals surface area contributed by atoms with Gasteiger partial charge < -0.3 is 14.5 Å². The molecular weight excluding hydrogens is 423 g/mol. The monoisotopic (exact) mass is 434 g/mol. The third kappa shape index (κ3) is 4.92. The number of anilines is 1. The lowest BCUT2D eigenvalue weighted by Crippen LogP contribution is -2.21. The van der Waals surface area contributed by atoms with Crippen LogP contribution in [-0.4, -0.2) is 23.4 Å². The summed E-state index contributed by atoms with van der Waals surface area (Å²) in [5.74, 6) is -1.32. The van der Waals surface area contributed by atoms with E-state index in [0.717, 1.165) is 6.07 Å². The van der Waals surface area contributed by atoms with Gasteiger partial charge in [0.05, 0.1) is 20.7 Å². The molecule has 1 amide bonds. The average molecular weight is 435 g/mol. The molecule has 0 saturated heterocycles. The highest BCUT2D eigenvalue weighted by Gasteiger charge is 2.17. The van der Waals surface area contributed by atoms with Gasteiger partial charge in [0.15, 0.2) is 6.61 Å². The second kappa shape index (κ2) is 8.76. The number of carbonyl (C=O) groups is 2. The van der Waals surface area contributed by atoms with Gasteiger partial charge in [-0.2, -0.15) is 0 Å². The molecule has 3 rings (SSSR count). The van der Waals surface area contributed by atoms with Crippen LogP contribution >= 0.6 is 23.2 Å². The number of rotatable bonds is 6. The third-order valence-corrected chi connectivity index (χ3v) is 4.37. The van der Waals surface area contributed by atoms with Gasteiger partial charge in [-0.25, -0.2) is 4.79 Å². The van der Waals surface area contributed by atoms with Gasteiger partial charge in [0.2, 0.25) is 5.76 Å². The predicted octanol–water partition coefficient (Wildman–Crippen LogP) is 4.96. The van der Waals surface area contributed by atoms with Crippen molar-refractivity contribution >= 4 is 46.5 Å². The number of non-ortho nitro benzene ring substituents is 1. The summed E-state index contributed by atoms with van der Waals surface area (Å²) in [7, 11) is 0. The number of hydrogen-bond acceptors (Lipinski definition) is 6. The Bertz CT molecular complexity index is 1100. The minimum Gasteiger partial charge on any atom is -0.450 e. The van der Waals surface area contributed by atoms with Crippen LogP contribution in [0.2, 0.25) is 10.0 Å². The zero-order chi connectivity index (χ0) is 21.0. The van der Waals surface area contributed by atoms with E-state index in [1.807, 2.05) is 0 Å². The van der Waals surface area contributed by atoms with E-state index < -0.39 is 23.4 Å². The largest absolute Gasteiger partial charge is 0.450 e. The van der Waals surface area contributed by atoms with E-state index in [1.165, 1.54) is 18.2 Å². The van der Waals surface area contributed by atoms with E-state index in [1.54, 1.807) is 30.3 Å². The third-order valence-electron chi connectivity index (χ3n) is 3.72. The van der Waals surface area contributed by atoms with Crippen LogP contribution < -0.4 is 5.32 Å². The number of amides is 1. The lowest BCUT2D eigenvalue weighted by molar-refractivity contribution is -0.384. The lowest BCUT2D eigenvalue weighted by atomic mass is 10.2. The Kier molecular flexibility index (Phi) is 6.16. The summed E-state index contributed by atoms with van der Waals surface area (Å²) in [4.78, 5) is 34.3. The first-order chi connectivity index (χ1) is 13.8. The Labute approximate surface area is 174 Å². The molecule has 0 aliphatic rings. The molecule has 0 bridgehead atoms. The van der Waals surface area contributed by atoms with Crippen LogP contribution in [0.15, 0.2) is 59.0 Å². The number of nitro groups is 1. The highest BCUT2D eigenvalue weighted by molar-refractivity contribution is 6.34. The Morgan fingerprint density at radius 1 is 1.07 bits per heavy atom. The summed E-state index contributed by atoms with van der Waals surface area (Å²) in [6, 6.07) is 13.5. The van der Waals surface area contributed by atoms with Gasteiger partial charge >= 0.3 is 5.97 Å². The molecule has 0 unspecified atom stereocenters. The number of nitrogens with zero attached hydrogens (tertiary/aromatic N) is 1. The topological polar surface area (TPSA) is 112 Å². The molecule has 10 heteroatoms. The van der Waals surface area contributed by atoms with Gasteiger partial charge in [0, 0.05) is 17.7 Å². The normalized spacial score (nSPS) is 10.4. The van der Waals surface area contributed by atoms with Crippen LogP contribution in [0.1, 0.15) is 10.6 Å². The molecule has 8 nitrogen and oxygen atoms in total. The molecule has 0 saturated carbocycles. The SMILES string of the molecule is O=C(COC(=O)c1ccc(-c2ccccc2Cl)o1)Nc1cc([N+](=O)[O-])ccc1Cl. The number of furan rings is 1. The first-order valence-corrected chi connectivity index (χ1v) is 8.86. The average Bonchev–Trinajstić information content (AvgIpc) is 3.18. The Balaban J connectivity index is 1.61. The highest BCUT2D eigenvalue weighted by Crippen LogP contribution is 2.29. The van der Waals surface area contributed by atoms with Gasteiger partial charge in [0.25, 0.3) is 11.6 Å². The Morgan fingerprint density at radius 2 is 1.83 bits per heavy atom. The van der Waals surface area contributed by atoms with Gasteiger partial charge in [-0.05, 0) is 30.3 Å². The van der Waals surface area contributed by atoms with Crippen LogP contribution in [0.3, 0.4) is 0 Å². The number of esters is 1. The maximum atomic E-state index is 12.1. The summed E-state index contributed by atoms with van der Waals surface area (Å²) in [6.45, 7) is -0.639. The first kappa shape index (κ1) is 20.4. The fourth-order valence-corrected chi connectivity index (χ4v) is 2.76. The van der Waals surface area contributed by atoms with Crippen molar-refractivity contribution in [2.75, 3.05) is 11.9 Å². The summed E-state index contributed by atoms with van der Waals surface area (Å²) >= 11 is 12.0. The molecular formula is C19H12Cl2N2O6. The van der Waals surface area contributed by atoms with Crippen molar-refractivity contribution in [3.05, 3.63) is 80.5 Å². The molecule has 1 aromatic heterocycles. The second-order valence-corrected chi connectivity index (χ2v) is 6.50. The first-order valence-electron chi connectivity index (χ1n) is 8.11. The van der Waals surface area contributed by atoms with Crippen LogP contribution in [0.4, 0.5) is 11.4 Å². The number of halogens is 2. The standard InChI is InChI=1S/C19H12Cl2N2O6/c20-13-4-2-1-3-12(13)16-7-8-17(29-16)19(25)28-10-18(24)22-15-9-11(23(26)27)5-6-14(15)21/h1-9H,10H2,(H,22,24). The fraction of sp³-hybridized carbons (Fsp3) is 0.0526. The van der Waals surface area contributed by atoms with Gasteiger partial charge in [-0.15, -0.1) is 0 Å². The van der Waals surface area contributed by atoms with Gasteiger partial charge in [0.1, 0.15) is 5.76 Å². The van der Waals surface area contributed by atoms with E-state index in [4.69, 9.17) is 32.4 Å². The molecule has 3 aromatic rings. The molecule has 29 heavy (non-hydrogen) atoms. The van der Waals surface area contributed by atoms with Crippen molar-refractivity contribution in [3.63, 3.8) is 0 Å². The maximum Gasteiger partial charge on any atom is 0.374 e. The van der Waals surface area contributed by atoms with Crippen molar-refractivity contribution in [2.24, 2.45) is 0 Å². The maximum absolute atomic E-state index is 12.1. The van der Waals surface area contributed by atoms with E-state index >= 15 is 0 Å². The number of carbonyl (C=O) groups excluding carboxylic acids is 2. The summed E-state index contributed by atoms with van der Waals surface area (Å²) in [5, 5.41) is 13.7. The van der Waals surface area contributed by atoms with Crippen LogP contribution in [-0.2, 0) is 9.53 Å². The molecule has 0 aliphatic heterocycles. The van der Waals surface area contributed by atoms with E-state index in [9.17, 15) is 19.7 Å². The lowest BCUT2D eigenvalue weighted by Gasteiger charge is -2.07. The van der Waals surface area contributed by atoms with Crippen molar-refractivity contribution in [1.82, 2.24) is 0 Å². The summed E-state index contributed by atoms with van der Waals surface area (Å²) in [5.41, 5.74) is 0.386. The summed E-state index contributed by atoms with van der Waals surface area (Å²) < 4.78 is 10.3. The molecule has 0 aliphatic carbocycles. The number of benzene rings is 2. The van der Waals surface area contributed by atoms with E-state index in [-0.39, 0.29) is 22.2 Å². The van der Waals surface area contributed by atoms with Crippen LogP contribution in [0, 0.1) is 10.1 Å². The molecule has 0 fully saturated rings. The van der Waals surface area contributed by atoms with Crippen molar-refractivity contribution in [1.29, 1.82) is 0 Å². The quantitative estimate of drug-likeness (QED) is 0.333. The molecule has 2 aromatic carbocycles. The van der Waals surface area contributed by atoms with E-state index in [0.29, 0.717) is 16.3 Å². The van der Waals surface area contributed by atoms with E-state index in [2.05, 4.69) is 5.32 Å². The smallest absolute Gasteiger partial charge is 0.374 e. The minimum absolute atomic E-state index is 0.0286. The van der Waals surface area contributed by atoms with Gasteiger partial charge in [-0.1, -0.05) is 35.3 Å². The number of nitro benzene ring substituents is 1. The Hall–Kier alpha value is -3.36. The predicted molar refractivity (Wildman–Crippen MR) is 106 cm³/mol. The van der Waals surface area contributed by atoms with Gasteiger partial charge in [-0.3, -0.25) is 14.9 Å². The zero-order valence-electron chi connectivity index (χ0n) is 14.6. The molecule has 1 heterocycles. The second-order valence-electron chi connectivity index (χ2n) is 5.69. The minimum atomic E-state index is -0.858. The number of ether oxygens (including phenoxy) is 1. The molecule has 148 valence electrons. The van der Waals surface area contributed by atoms with Crippen molar-refractivity contribution < 1.29 is 23.7 Å². The Morgan fingerprint density at radius 3 is 2.55 bits per heavy atom. The number of hydrogen-bond donors (Lipinski definition) is 1. The molecule has 0 atom stereocenters. The number of nitrogens with one attached hydrogen (secondary N) is 1. The molecule has 0 radical (unpaired) electrons.